The van der Waals surface area contributed by atoms with E-state index in [0.717, 1.165) is 0 Å². The fraction of sp³-hybridized carbons (Fsp3) is 0.238. The van der Waals surface area contributed by atoms with Crippen molar-refractivity contribution < 1.29 is 9.59 Å². The first-order valence-electron chi connectivity index (χ1n) is 9.23. The van der Waals surface area contributed by atoms with Crippen molar-refractivity contribution in [3.8, 4) is 0 Å². The average molecular weight is 410 g/mol. The molecule has 0 bridgehead atoms. The Morgan fingerprint density at radius 2 is 1.69 bits per heavy atom. The van der Waals surface area contributed by atoms with Crippen LogP contribution >= 0.6 is 11.8 Å². The summed E-state index contributed by atoms with van der Waals surface area (Å²) < 4.78 is 1.58. The zero-order valence-corrected chi connectivity index (χ0v) is 17.2. The zero-order chi connectivity index (χ0) is 21.0. The standard InChI is InChI=1S/C21H22N4O3S/c1-4-25-20(28)17-7-5-6-8-18(17)24-21(25)29-13(2)19(27)23-16-11-9-15(10-12-16)22-14(3)26/h5-13H,4H2,1-3H3,(H,22,26)(H,23,27)/t13-/m1/s1. The average Bonchev–Trinajstić information content (AvgIpc) is 2.69. The maximum Gasteiger partial charge on any atom is 0.262 e. The molecule has 0 unspecified atom stereocenters. The first kappa shape index (κ1) is 20.6. The van der Waals surface area contributed by atoms with Crippen LogP contribution in [0.3, 0.4) is 0 Å². The molecule has 0 saturated carbocycles. The van der Waals surface area contributed by atoms with Crippen molar-refractivity contribution in [2.45, 2.75) is 37.7 Å². The van der Waals surface area contributed by atoms with Gasteiger partial charge in [0.1, 0.15) is 0 Å². The van der Waals surface area contributed by atoms with Gasteiger partial charge in [0.2, 0.25) is 11.8 Å². The van der Waals surface area contributed by atoms with Crippen molar-refractivity contribution in [1.29, 1.82) is 0 Å². The van der Waals surface area contributed by atoms with Crippen molar-refractivity contribution in [2.75, 3.05) is 10.6 Å². The van der Waals surface area contributed by atoms with Gasteiger partial charge >= 0.3 is 0 Å². The molecular weight excluding hydrogens is 388 g/mol. The van der Waals surface area contributed by atoms with Crippen LogP contribution in [0.25, 0.3) is 10.9 Å². The van der Waals surface area contributed by atoms with Gasteiger partial charge < -0.3 is 10.6 Å². The third kappa shape index (κ3) is 4.83. The van der Waals surface area contributed by atoms with Gasteiger partial charge in [-0.15, -0.1) is 0 Å². The van der Waals surface area contributed by atoms with Crippen LogP contribution in [0.4, 0.5) is 11.4 Å². The molecule has 2 N–H and O–H groups in total. The van der Waals surface area contributed by atoms with Gasteiger partial charge in [-0.25, -0.2) is 4.98 Å². The number of nitrogens with one attached hydrogen (secondary N) is 2. The molecule has 8 heteroatoms. The Labute approximate surface area is 172 Å². The Kier molecular flexibility index (Phi) is 6.33. The van der Waals surface area contributed by atoms with Crippen LogP contribution in [0, 0.1) is 0 Å². The normalized spacial score (nSPS) is 11.8. The van der Waals surface area contributed by atoms with Crippen molar-refractivity contribution in [3.05, 3.63) is 58.9 Å². The maximum atomic E-state index is 12.7. The molecule has 1 heterocycles. The Hall–Kier alpha value is -3.13. The van der Waals surface area contributed by atoms with Gasteiger partial charge in [0.05, 0.1) is 16.2 Å². The number of hydrogen-bond acceptors (Lipinski definition) is 5. The number of amides is 2. The number of carbonyl (C=O) groups excluding carboxylic acids is 2. The number of nitrogens with zero attached hydrogens (tertiary/aromatic N) is 2. The van der Waals surface area contributed by atoms with Gasteiger partial charge in [0.25, 0.3) is 5.56 Å². The summed E-state index contributed by atoms with van der Waals surface area (Å²) in [5.74, 6) is -0.357. The number of carbonyl (C=O) groups is 2. The highest BCUT2D eigenvalue weighted by molar-refractivity contribution is 8.00. The molecule has 2 aromatic carbocycles. The predicted octanol–water partition coefficient (Wildman–Crippen LogP) is 3.49. The van der Waals surface area contributed by atoms with E-state index < -0.39 is 5.25 Å². The van der Waals surface area contributed by atoms with E-state index in [0.29, 0.717) is 34.0 Å². The van der Waals surface area contributed by atoms with Crippen molar-refractivity contribution in [3.63, 3.8) is 0 Å². The lowest BCUT2D eigenvalue weighted by Gasteiger charge is -2.15. The topological polar surface area (TPSA) is 93.1 Å². The highest BCUT2D eigenvalue weighted by Crippen LogP contribution is 2.24. The minimum absolute atomic E-state index is 0.109. The molecule has 0 radical (unpaired) electrons. The molecule has 3 rings (SSSR count). The lowest BCUT2D eigenvalue weighted by Crippen LogP contribution is -2.26. The van der Waals surface area contributed by atoms with E-state index in [9.17, 15) is 14.4 Å². The van der Waals surface area contributed by atoms with Crippen LogP contribution in [0.15, 0.2) is 58.5 Å². The van der Waals surface area contributed by atoms with E-state index in [1.165, 1.54) is 18.7 Å². The highest BCUT2D eigenvalue weighted by atomic mass is 32.2. The molecule has 29 heavy (non-hydrogen) atoms. The Morgan fingerprint density at radius 3 is 2.31 bits per heavy atom. The summed E-state index contributed by atoms with van der Waals surface area (Å²) in [6.07, 6.45) is 0. The minimum Gasteiger partial charge on any atom is -0.326 e. The fourth-order valence-corrected chi connectivity index (χ4v) is 3.78. The minimum atomic E-state index is -0.462. The van der Waals surface area contributed by atoms with Gasteiger partial charge in [-0.1, -0.05) is 23.9 Å². The Morgan fingerprint density at radius 1 is 1.07 bits per heavy atom. The molecule has 0 aliphatic carbocycles. The second kappa shape index (κ2) is 8.91. The van der Waals surface area contributed by atoms with Gasteiger partial charge in [0, 0.05) is 24.8 Å². The zero-order valence-electron chi connectivity index (χ0n) is 16.4. The Balaban J connectivity index is 1.76. The summed E-state index contributed by atoms with van der Waals surface area (Å²) in [6, 6.07) is 14.1. The van der Waals surface area contributed by atoms with Crippen molar-refractivity contribution in [2.24, 2.45) is 0 Å². The number of fused-ring (bicyclic) bond motifs is 1. The summed E-state index contributed by atoms with van der Waals surface area (Å²) in [5, 5.41) is 6.14. The lowest BCUT2D eigenvalue weighted by molar-refractivity contribution is -0.115. The van der Waals surface area contributed by atoms with Gasteiger partial charge in [-0.2, -0.15) is 0 Å². The van der Waals surface area contributed by atoms with Crippen LogP contribution in [-0.2, 0) is 16.1 Å². The largest absolute Gasteiger partial charge is 0.326 e. The molecule has 2 amide bonds. The number of benzene rings is 2. The summed E-state index contributed by atoms with van der Waals surface area (Å²) in [4.78, 5) is 41.0. The number of rotatable bonds is 6. The van der Waals surface area contributed by atoms with Crippen LogP contribution in [0.2, 0.25) is 0 Å². The number of thioether (sulfide) groups is 1. The third-order valence-corrected chi connectivity index (χ3v) is 5.36. The molecule has 0 spiro atoms. The van der Waals surface area contributed by atoms with E-state index in [2.05, 4.69) is 15.6 Å². The van der Waals surface area contributed by atoms with Gasteiger partial charge in [0.15, 0.2) is 5.16 Å². The molecule has 7 nitrogen and oxygen atoms in total. The van der Waals surface area contributed by atoms with Crippen LogP contribution in [-0.4, -0.2) is 26.6 Å². The quantitative estimate of drug-likeness (QED) is 0.479. The highest BCUT2D eigenvalue weighted by Gasteiger charge is 2.19. The molecule has 0 fully saturated rings. The molecule has 3 aromatic rings. The molecule has 0 aliphatic rings. The molecule has 1 atom stereocenters. The molecule has 0 saturated heterocycles. The summed E-state index contributed by atoms with van der Waals surface area (Å²) in [5.41, 5.74) is 1.79. The Bertz CT molecular complexity index is 1110. The smallest absolute Gasteiger partial charge is 0.262 e. The number of aromatic nitrogens is 2. The molecule has 1 aromatic heterocycles. The first-order valence-corrected chi connectivity index (χ1v) is 10.1. The molecule has 0 aliphatic heterocycles. The maximum absolute atomic E-state index is 12.7. The van der Waals surface area contributed by atoms with E-state index in [1.54, 1.807) is 47.9 Å². The summed E-state index contributed by atoms with van der Waals surface area (Å²) >= 11 is 1.25. The van der Waals surface area contributed by atoms with Gasteiger partial charge in [-0.05, 0) is 50.2 Å². The van der Waals surface area contributed by atoms with Crippen molar-refractivity contribution >= 4 is 45.9 Å². The molecular formula is C21H22N4O3S. The number of para-hydroxylation sites is 1. The first-order chi connectivity index (χ1) is 13.9. The number of anilines is 2. The van der Waals surface area contributed by atoms with E-state index in [1.807, 2.05) is 19.1 Å². The van der Waals surface area contributed by atoms with Gasteiger partial charge in [-0.3, -0.25) is 19.0 Å². The fourth-order valence-electron chi connectivity index (χ4n) is 2.81. The molecule has 150 valence electrons. The second-order valence-electron chi connectivity index (χ2n) is 6.47. The monoisotopic (exact) mass is 410 g/mol. The van der Waals surface area contributed by atoms with E-state index in [4.69, 9.17) is 0 Å². The van der Waals surface area contributed by atoms with Crippen LogP contribution in [0.5, 0.6) is 0 Å². The lowest BCUT2D eigenvalue weighted by atomic mass is 10.2. The SMILES string of the molecule is CCn1c(S[C@H](C)C(=O)Nc2ccc(NC(C)=O)cc2)nc2ccccc2c1=O. The van der Waals surface area contributed by atoms with E-state index in [-0.39, 0.29) is 17.4 Å². The van der Waals surface area contributed by atoms with Crippen molar-refractivity contribution in [1.82, 2.24) is 9.55 Å². The van der Waals surface area contributed by atoms with E-state index >= 15 is 0 Å². The summed E-state index contributed by atoms with van der Waals surface area (Å²) in [7, 11) is 0. The number of hydrogen-bond donors (Lipinski definition) is 2. The van der Waals surface area contributed by atoms with Crippen LogP contribution < -0.4 is 16.2 Å². The van der Waals surface area contributed by atoms with Crippen LogP contribution in [0.1, 0.15) is 20.8 Å². The third-order valence-electron chi connectivity index (χ3n) is 4.27. The predicted molar refractivity (Wildman–Crippen MR) is 116 cm³/mol. The second-order valence-corrected chi connectivity index (χ2v) is 7.78. The summed E-state index contributed by atoms with van der Waals surface area (Å²) in [6.45, 7) is 5.56.